The maximum absolute atomic E-state index is 13.1. The summed E-state index contributed by atoms with van der Waals surface area (Å²) in [5, 5.41) is 23.7. The van der Waals surface area contributed by atoms with E-state index in [4.69, 9.17) is 5.11 Å². The van der Waals surface area contributed by atoms with Crippen LogP contribution >= 0.6 is 0 Å². The molecule has 0 unspecified atom stereocenters. The molecule has 0 atom stereocenters. The highest BCUT2D eigenvalue weighted by molar-refractivity contribution is 5.95. The molecule has 1 aromatic rings. The minimum atomic E-state index is -1.02. The summed E-state index contributed by atoms with van der Waals surface area (Å²) < 4.78 is 0. The summed E-state index contributed by atoms with van der Waals surface area (Å²) in [6, 6.07) is 5.98. The van der Waals surface area contributed by atoms with Gasteiger partial charge in [-0.3, -0.25) is 9.69 Å². The molecular weight excluding hydrogens is 406 g/mol. The second-order valence-electron chi connectivity index (χ2n) is 9.77. The number of rotatable bonds is 11. The van der Waals surface area contributed by atoms with Gasteiger partial charge < -0.3 is 20.8 Å². The Labute approximate surface area is 191 Å². The van der Waals surface area contributed by atoms with Crippen molar-refractivity contribution in [2.24, 2.45) is 11.3 Å². The molecule has 3 rings (SSSR count). The van der Waals surface area contributed by atoms with Crippen molar-refractivity contribution in [3.05, 3.63) is 34.9 Å². The summed E-state index contributed by atoms with van der Waals surface area (Å²) in [6.07, 6.45) is 8.65. The standard InChI is InChI=1S/C25H39N3O4/c1-19-7-8-21(17-28(13-14-29)12-4-11-26-24(31)32)15-22(19)23(30)27-18-25-9-2-5-20(16-25)6-3-10-25/h7-8,15,20,26,29H,2-6,9-14,16-18H2,1H3,(H,27,30)(H,31,32). The van der Waals surface area contributed by atoms with E-state index < -0.39 is 6.09 Å². The molecular formula is C25H39N3O4. The smallest absolute Gasteiger partial charge is 0.404 e. The SMILES string of the molecule is Cc1ccc(CN(CCO)CCCNC(=O)O)cc1C(=O)NCC12CCCC(CCC1)C2. The van der Waals surface area contributed by atoms with E-state index in [1.807, 2.05) is 25.1 Å². The maximum Gasteiger partial charge on any atom is 0.404 e. The molecule has 4 N–H and O–H groups in total. The van der Waals surface area contributed by atoms with E-state index in [1.165, 1.54) is 44.9 Å². The van der Waals surface area contributed by atoms with E-state index in [2.05, 4.69) is 15.5 Å². The van der Waals surface area contributed by atoms with Crippen molar-refractivity contribution < 1.29 is 19.8 Å². The summed E-state index contributed by atoms with van der Waals surface area (Å²) in [5.41, 5.74) is 3.00. The molecule has 2 amide bonds. The molecule has 32 heavy (non-hydrogen) atoms. The quantitative estimate of drug-likeness (QED) is 0.390. The highest BCUT2D eigenvalue weighted by Crippen LogP contribution is 2.48. The first-order valence-corrected chi connectivity index (χ1v) is 12.1. The van der Waals surface area contributed by atoms with Crippen molar-refractivity contribution in [3.63, 3.8) is 0 Å². The van der Waals surface area contributed by atoms with E-state index in [9.17, 15) is 14.7 Å². The summed E-state index contributed by atoms with van der Waals surface area (Å²) in [6.45, 7) is 4.94. The maximum atomic E-state index is 13.1. The molecule has 2 fully saturated rings. The lowest BCUT2D eigenvalue weighted by Gasteiger charge is -2.45. The predicted molar refractivity (Wildman–Crippen MR) is 125 cm³/mol. The topological polar surface area (TPSA) is 102 Å². The lowest BCUT2D eigenvalue weighted by atomic mass is 9.62. The van der Waals surface area contributed by atoms with Crippen LogP contribution in [0.3, 0.4) is 0 Å². The van der Waals surface area contributed by atoms with Crippen molar-refractivity contribution in [1.82, 2.24) is 15.5 Å². The van der Waals surface area contributed by atoms with Crippen molar-refractivity contribution in [3.8, 4) is 0 Å². The lowest BCUT2D eigenvalue weighted by Crippen LogP contribution is -2.43. The van der Waals surface area contributed by atoms with Gasteiger partial charge in [0, 0.05) is 38.3 Å². The summed E-state index contributed by atoms with van der Waals surface area (Å²) in [4.78, 5) is 25.8. The second kappa shape index (κ2) is 11.7. The van der Waals surface area contributed by atoms with Gasteiger partial charge in [-0.2, -0.15) is 0 Å². The largest absolute Gasteiger partial charge is 0.465 e. The zero-order valence-corrected chi connectivity index (χ0v) is 19.4. The second-order valence-corrected chi connectivity index (χ2v) is 9.77. The van der Waals surface area contributed by atoms with Crippen LogP contribution in [-0.2, 0) is 6.54 Å². The van der Waals surface area contributed by atoms with Crippen LogP contribution in [0.15, 0.2) is 18.2 Å². The van der Waals surface area contributed by atoms with Crippen LogP contribution in [0.4, 0.5) is 4.79 Å². The summed E-state index contributed by atoms with van der Waals surface area (Å²) >= 11 is 0. The third kappa shape index (κ3) is 6.94. The highest BCUT2D eigenvalue weighted by Gasteiger charge is 2.39. The Bertz CT molecular complexity index is 772. The van der Waals surface area contributed by atoms with E-state index >= 15 is 0 Å². The number of aliphatic hydroxyl groups is 1. The fourth-order valence-corrected chi connectivity index (χ4v) is 5.61. The molecule has 1 aromatic carbocycles. The van der Waals surface area contributed by atoms with E-state index in [0.717, 1.165) is 29.2 Å². The van der Waals surface area contributed by atoms with Crippen LogP contribution in [0.25, 0.3) is 0 Å². The minimum absolute atomic E-state index is 0.00536. The number of hydrogen-bond donors (Lipinski definition) is 4. The molecule has 2 aliphatic carbocycles. The molecule has 7 heteroatoms. The van der Waals surface area contributed by atoms with Gasteiger partial charge in [0.1, 0.15) is 0 Å². The summed E-state index contributed by atoms with van der Waals surface area (Å²) in [5.74, 6) is 0.855. The van der Waals surface area contributed by atoms with Crippen LogP contribution < -0.4 is 10.6 Å². The van der Waals surface area contributed by atoms with Gasteiger partial charge in [-0.05, 0) is 61.1 Å². The third-order valence-corrected chi connectivity index (χ3v) is 7.28. The average Bonchev–Trinajstić information content (AvgIpc) is 2.76. The van der Waals surface area contributed by atoms with Crippen molar-refractivity contribution in [2.45, 2.75) is 64.8 Å². The molecule has 2 saturated carbocycles. The number of fused-ring (bicyclic) bond motifs is 2. The van der Waals surface area contributed by atoms with Gasteiger partial charge in [0.2, 0.25) is 0 Å². The molecule has 7 nitrogen and oxygen atoms in total. The average molecular weight is 446 g/mol. The Balaban J connectivity index is 1.58. The monoisotopic (exact) mass is 445 g/mol. The number of aryl methyl sites for hydroxylation is 1. The van der Waals surface area contributed by atoms with Crippen LogP contribution in [0, 0.1) is 18.3 Å². The molecule has 0 spiro atoms. The zero-order chi connectivity index (χ0) is 23.0. The van der Waals surface area contributed by atoms with Gasteiger partial charge in [0.25, 0.3) is 5.91 Å². The Kier molecular flexibility index (Phi) is 8.93. The van der Waals surface area contributed by atoms with Gasteiger partial charge in [0.15, 0.2) is 0 Å². The highest BCUT2D eigenvalue weighted by atomic mass is 16.4. The van der Waals surface area contributed by atoms with Crippen molar-refractivity contribution in [2.75, 3.05) is 32.8 Å². The number of amides is 2. The van der Waals surface area contributed by atoms with Crippen LogP contribution in [0.5, 0.6) is 0 Å². The third-order valence-electron chi connectivity index (χ3n) is 7.28. The molecule has 0 aliphatic heterocycles. The number of hydrogen-bond acceptors (Lipinski definition) is 4. The fraction of sp³-hybridized carbons (Fsp3) is 0.680. The predicted octanol–water partition coefficient (Wildman–Crippen LogP) is 3.54. The lowest BCUT2D eigenvalue weighted by molar-refractivity contribution is 0.0681. The van der Waals surface area contributed by atoms with Gasteiger partial charge in [0.05, 0.1) is 6.61 Å². The number of benzene rings is 1. The number of carbonyl (C=O) groups is 2. The molecule has 2 bridgehead atoms. The number of carbonyl (C=O) groups excluding carboxylic acids is 1. The molecule has 178 valence electrons. The number of nitrogens with one attached hydrogen (secondary N) is 2. The molecule has 0 saturated heterocycles. The zero-order valence-electron chi connectivity index (χ0n) is 19.4. The van der Waals surface area contributed by atoms with Gasteiger partial charge in [-0.25, -0.2) is 4.79 Å². The normalized spacial score (nSPS) is 22.5. The number of carboxylic acid groups (broad SMARTS) is 1. The summed E-state index contributed by atoms with van der Waals surface area (Å²) in [7, 11) is 0. The molecule has 2 aliphatic rings. The van der Waals surface area contributed by atoms with E-state index in [-0.39, 0.29) is 12.5 Å². The Morgan fingerprint density at radius 2 is 1.91 bits per heavy atom. The molecule has 0 heterocycles. The van der Waals surface area contributed by atoms with Crippen LogP contribution in [0.1, 0.15) is 72.9 Å². The van der Waals surface area contributed by atoms with Crippen LogP contribution in [-0.4, -0.2) is 59.9 Å². The first-order chi connectivity index (χ1) is 15.4. The Morgan fingerprint density at radius 1 is 1.16 bits per heavy atom. The molecule has 0 aromatic heterocycles. The van der Waals surface area contributed by atoms with Crippen molar-refractivity contribution >= 4 is 12.0 Å². The molecule has 0 radical (unpaired) electrons. The van der Waals surface area contributed by atoms with E-state index in [0.29, 0.717) is 38.0 Å². The fourth-order valence-electron chi connectivity index (χ4n) is 5.61. The number of nitrogens with zero attached hydrogens (tertiary/aromatic N) is 1. The first kappa shape index (κ1) is 24.5. The number of aliphatic hydroxyl groups excluding tert-OH is 1. The minimum Gasteiger partial charge on any atom is -0.465 e. The first-order valence-electron chi connectivity index (χ1n) is 12.1. The van der Waals surface area contributed by atoms with Gasteiger partial charge >= 0.3 is 6.09 Å². The Hall–Kier alpha value is -2.12. The van der Waals surface area contributed by atoms with E-state index in [1.54, 1.807) is 0 Å². The van der Waals surface area contributed by atoms with Gasteiger partial charge in [-0.1, -0.05) is 37.8 Å². The van der Waals surface area contributed by atoms with Gasteiger partial charge in [-0.15, -0.1) is 0 Å². The Morgan fingerprint density at radius 3 is 2.59 bits per heavy atom. The van der Waals surface area contributed by atoms with Crippen molar-refractivity contribution in [1.29, 1.82) is 0 Å². The van der Waals surface area contributed by atoms with Crippen LogP contribution in [0.2, 0.25) is 0 Å².